The molecule has 1 fully saturated rings. The van der Waals surface area contributed by atoms with E-state index in [2.05, 4.69) is 19.8 Å². The molecule has 0 amide bonds. The number of aromatic nitrogens is 2. The minimum Gasteiger partial charge on any atom is -0.329 e. The van der Waals surface area contributed by atoms with Crippen molar-refractivity contribution in [3.05, 3.63) is 29.8 Å². The summed E-state index contributed by atoms with van der Waals surface area (Å²) in [5.41, 5.74) is 7.37. The largest absolute Gasteiger partial charge is 0.329 e. The van der Waals surface area contributed by atoms with Crippen molar-refractivity contribution >= 4 is 11.0 Å². The molecule has 3 N–H and O–H groups in total. The van der Waals surface area contributed by atoms with Crippen LogP contribution in [-0.2, 0) is 13.1 Å². The Kier molecular flexibility index (Phi) is 3.95. The molecule has 0 aliphatic carbocycles. The summed E-state index contributed by atoms with van der Waals surface area (Å²) in [4.78, 5) is 6.95. The Morgan fingerprint density at radius 2 is 2.10 bits per heavy atom. The number of fused-ring (bicyclic) bond motifs is 1. The number of piperazine rings is 1. The zero-order valence-electron chi connectivity index (χ0n) is 11.5. The first-order valence-electron chi connectivity index (χ1n) is 7.06. The number of nitrogens with zero attached hydrogens (tertiary/aromatic N) is 3. The number of benzene rings is 1. The predicted molar refractivity (Wildman–Crippen MR) is 76.9 cm³/mol. The maximum atomic E-state index is 13.3. The fraction of sp³-hybridized carbons (Fsp3) is 0.500. The van der Waals surface area contributed by atoms with Crippen LogP contribution in [0.1, 0.15) is 5.82 Å². The van der Waals surface area contributed by atoms with Gasteiger partial charge in [0.1, 0.15) is 11.6 Å². The lowest BCUT2D eigenvalue weighted by Crippen LogP contribution is -2.43. The monoisotopic (exact) mass is 277 g/mol. The molecule has 3 rings (SSSR count). The van der Waals surface area contributed by atoms with Gasteiger partial charge in [-0.15, -0.1) is 0 Å². The number of imidazole rings is 1. The Morgan fingerprint density at radius 3 is 2.85 bits per heavy atom. The summed E-state index contributed by atoms with van der Waals surface area (Å²) in [6.45, 7) is 6.09. The van der Waals surface area contributed by atoms with Gasteiger partial charge in [0, 0.05) is 45.3 Å². The van der Waals surface area contributed by atoms with Crippen molar-refractivity contribution in [2.75, 3.05) is 32.7 Å². The minimum atomic E-state index is -0.247. The third kappa shape index (κ3) is 2.67. The molecule has 20 heavy (non-hydrogen) atoms. The summed E-state index contributed by atoms with van der Waals surface area (Å²) in [5, 5.41) is 3.34. The van der Waals surface area contributed by atoms with Crippen molar-refractivity contribution in [2.45, 2.75) is 13.1 Å². The van der Waals surface area contributed by atoms with Crippen LogP contribution in [0.15, 0.2) is 18.2 Å². The van der Waals surface area contributed by atoms with E-state index in [1.807, 2.05) is 0 Å². The van der Waals surface area contributed by atoms with E-state index in [4.69, 9.17) is 5.73 Å². The Balaban J connectivity index is 1.93. The van der Waals surface area contributed by atoms with Gasteiger partial charge in [-0.2, -0.15) is 0 Å². The predicted octanol–water partition coefficient (Wildman–Crippen LogP) is 0.539. The van der Waals surface area contributed by atoms with Gasteiger partial charge in [0.15, 0.2) is 0 Å². The molecule has 108 valence electrons. The van der Waals surface area contributed by atoms with Crippen molar-refractivity contribution in [1.29, 1.82) is 0 Å². The Bertz CT molecular complexity index is 589. The first-order valence-corrected chi connectivity index (χ1v) is 7.06. The van der Waals surface area contributed by atoms with E-state index in [1.54, 1.807) is 6.07 Å². The number of nitrogens with two attached hydrogens (primary N) is 1. The standard InChI is InChI=1S/C14H20FN5/c15-11-1-2-13-12(9-11)18-14(20(13)6-3-16)10-19-7-4-17-5-8-19/h1-2,9,17H,3-8,10,16H2. The quantitative estimate of drug-likeness (QED) is 0.856. The molecule has 0 unspecified atom stereocenters. The zero-order chi connectivity index (χ0) is 13.9. The van der Waals surface area contributed by atoms with Crippen molar-refractivity contribution in [3.8, 4) is 0 Å². The molecule has 1 saturated heterocycles. The van der Waals surface area contributed by atoms with E-state index in [-0.39, 0.29) is 5.82 Å². The molecular weight excluding hydrogens is 257 g/mol. The summed E-state index contributed by atoms with van der Waals surface area (Å²) in [7, 11) is 0. The fourth-order valence-electron chi connectivity index (χ4n) is 2.72. The number of rotatable bonds is 4. The number of halogens is 1. The number of hydrogen-bond acceptors (Lipinski definition) is 4. The molecular formula is C14H20FN5. The second-order valence-electron chi connectivity index (χ2n) is 5.13. The third-order valence-corrected chi connectivity index (χ3v) is 3.72. The van der Waals surface area contributed by atoms with Gasteiger partial charge >= 0.3 is 0 Å². The van der Waals surface area contributed by atoms with Crippen molar-refractivity contribution < 1.29 is 4.39 Å². The Labute approximate surface area is 117 Å². The molecule has 6 heteroatoms. The van der Waals surface area contributed by atoms with Crippen LogP contribution in [0, 0.1) is 5.82 Å². The molecule has 5 nitrogen and oxygen atoms in total. The van der Waals surface area contributed by atoms with Gasteiger partial charge in [0.25, 0.3) is 0 Å². The highest BCUT2D eigenvalue weighted by atomic mass is 19.1. The summed E-state index contributed by atoms with van der Waals surface area (Å²) < 4.78 is 15.4. The molecule has 0 radical (unpaired) electrons. The lowest BCUT2D eigenvalue weighted by molar-refractivity contribution is 0.225. The average molecular weight is 277 g/mol. The summed E-state index contributed by atoms with van der Waals surface area (Å²) in [6.07, 6.45) is 0. The van der Waals surface area contributed by atoms with Gasteiger partial charge in [0.2, 0.25) is 0 Å². The Morgan fingerprint density at radius 1 is 1.30 bits per heavy atom. The van der Waals surface area contributed by atoms with Crippen molar-refractivity contribution in [3.63, 3.8) is 0 Å². The normalized spacial score (nSPS) is 16.9. The van der Waals surface area contributed by atoms with Crippen LogP contribution in [0.2, 0.25) is 0 Å². The van der Waals surface area contributed by atoms with Crippen LogP contribution in [0.25, 0.3) is 11.0 Å². The molecule has 0 spiro atoms. The molecule has 1 aromatic heterocycles. The van der Waals surface area contributed by atoms with E-state index in [9.17, 15) is 4.39 Å². The first-order chi connectivity index (χ1) is 9.78. The first kappa shape index (κ1) is 13.5. The lowest BCUT2D eigenvalue weighted by Gasteiger charge is -2.27. The summed E-state index contributed by atoms with van der Waals surface area (Å²) in [5.74, 6) is 0.724. The molecule has 1 aliphatic heterocycles. The van der Waals surface area contributed by atoms with Gasteiger partial charge in [-0.1, -0.05) is 0 Å². The van der Waals surface area contributed by atoms with E-state index >= 15 is 0 Å². The number of hydrogen-bond donors (Lipinski definition) is 2. The highest BCUT2D eigenvalue weighted by Crippen LogP contribution is 2.18. The Hall–Kier alpha value is -1.50. The molecule has 1 aromatic carbocycles. The van der Waals surface area contributed by atoms with E-state index in [0.29, 0.717) is 18.6 Å². The van der Waals surface area contributed by atoms with Crippen molar-refractivity contribution in [2.24, 2.45) is 5.73 Å². The minimum absolute atomic E-state index is 0.247. The average Bonchev–Trinajstić information content (AvgIpc) is 2.77. The van der Waals surface area contributed by atoms with Gasteiger partial charge in [-0.3, -0.25) is 4.90 Å². The molecule has 0 saturated carbocycles. The third-order valence-electron chi connectivity index (χ3n) is 3.72. The highest BCUT2D eigenvalue weighted by molar-refractivity contribution is 5.76. The van der Waals surface area contributed by atoms with Gasteiger partial charge < -0.3 is 15.6 Å². The topological polar surface area (TPSA) is 59.1 Å². The highest BCUT2D eigenvalue weighted by Gasteiger charge is 2.16. The lowest BCUT2D eigenvalue weighted by atomic mass is 10.3. The SMILES string of the molecule is NCCn1c(CN2CCNCC2)nc2cc(F)ccc21. The second-order valence-corrected chi connectivity index (χ2v) is 5.13. The van der Waals surface area contributed by atoms with Crippen LogP contribution in [0.4, 0.5) is 4.39 Å². The van der Waals surface area contributed by atoms with Crippen LogP contribution in [0.3, 0.4) is 0 Å². The van der Waals surface area contributed by atoms with Crippen LogP contribution >= 0.6 is 0 Å². The van der Waals surface area contributed by atoms with Gasteiger partial charge in [0.05, 0.1) is 17.6 Å². The molecule has 2 aromatic rings. The van der Waals surface area contributed by atoms with Crippen LogP contribution in [-0.4, -0.2) is 47.2 Å². The maximum Gasteiger partial charge on any atom is 0.125 e. The van der Waals surface area contributed by atoms with Gasteiger partial charge in [-0.25, -0.2) is 9.37 Å². The smallest absolute Gasteiger partial charge is 0.125 e. The molecule has 0 atom stereocenters. The van der Waals surface area contributed by atoms with E-state index < -0.39 is 0 Å². The zero-order valence-corrected chi connectivity index (χ0v) is 11.5. The molecule has 2 heterocycles. The van der Waals surface area contributed by atoms with E-state index in [0.717, 1.165) is 44.1 Å². The second kappa shape index (κ2) is 5.87. The number of nitrogens with one attached hydrogen (secondary N) is 1. The fourth-order valence-corrected chi connectivity index (χ4v) is 2.72. The summed E-state index contributed by atoms with van der Waals surface area (Å²) >= 11 is 0. The maximum absolute atomic E-state index is 13.3. The van der Waals surface area contributed by atoms with Crippen LogP contribution < -0.4 is 11.1 Å². The van der Waals surface area contributed by atoms with Gasteiger partial charge in [-0.05, 0) is 12.1 Å². The van der Waals surface area contributed by atoms with Crippen molar-refractivity contribution in [1.82, 2.24) is 19.8 Å². The van der Waals surface area contributed by atoms with E-state index in [1.165, 1.54) is 12.1 Å². The summed E-state index contributed by atoms with van der Waals surface area (Å²) in [6, 6.07) is 4.75. The molecule has 0 bridgehead atoms. The van der Waals surface area contributed by atoms with Crippen LogP contribution in [0.5, 0.6) is 0 Å². The molecule has 1 aliphatic rings.